The third kappa shape index (κ3) is 0.806. The molecule has 0 aromatic carbocycles. The Balaban J connectivity index is 2.67. The van der Waals surface area contributed by atoms with Gasteiger partial charge >= 0.3 is 0 Å². The van der Waals surface area contributed by atoms with E-state index in [1.165, 1.54) is 0 Å². The van der Waals surface area contributed by atoms with Crippen LogP contribution in [-0.4, -0.2) is 19.4 Å². The summed E-state index contributed by atoms with van der Waals surface area (Å²) in [6.45, 7) is 0. The van der Waals surface area contributed by atoms with Crippen molar-refractivity contribution in [2.24, 2.45) is 0 Å². The standard InChI is InChI=1S/C9H7N5/c10-8-6-1-2-11-5-7(6)14-4-3-12-9(14)13-8/h1-5H,(H2,10,12,13). The first-order valence-electron chi connectivity index (χ1n) is 4.18. The molecule has 0 aliphatic heterocycles. The molecule has 0 saturated heterocycles. The summed E-state index contributed by atoms with van der Waals surface area (Å²) in [7, 11) is 0. The summed E-state index contributed by atoms with van der Waals surface area (Å²) in [5.41, 5.74) is 6.71. The number of fused-ring (bicyclic) bond motifs is 3. The number of hydrogen-bond acceptors (Lipinski definition) is 4. The number of anilines is 1. The Morgan fingerprint density at radius 3 is 3.14 bits per heavy atom. The summed E-state index contributed by atoms with van der Waals surface area (Å²) in [6, 6.07) is 1.84. The zero-order valence-electron chi connectivity index (χ0n) is 7.25. The van der Waals surface area contributed by atoms with Crippen molar-refractivity contribution < 1.29 is 0 Å². The smallest absolute Gasteiger partial charge is 0.236 e. The number of hydrogen-bond donors (Lipinski definition) is 1. The molecule has 0 radical (unpaired) electrons. The number of imidazole rings is 1. The summed E-state index contributed by atoms with van der Waals surface area (Å²) in [5, 5.41) is 0.894. The first-order chi connectivity index (χ1) is 6.86. The zero-order valence-corrected chi connectivity index (χ0v) is 7.25. The maximum Gasteiger partial charge on any atom is 0.236 e. The Labute approximate surface area is 79.2 Å². The molecule has 0 fully saturated rings. The van der Waals surface area contributed by atoms with Gasteiger partial charge in [-0.2, -0.15) is 4.98 Å². The van der Waals surface area contributed by atoms with Crippen molar-refractivity contribution in [3.8, 4) is 0 Å². The number of nitrogens with zero attached hydrogens (tertiary/aromatic N) is 4. The fourth-order valence-electron chi connectivity index (χ4n) is 1.53. The molecule has 3 aromatic heterocycles. The van der Waals surface area contributed by atoms with Gasteiger partial charge in [0.25, 0.3) is 0 Å². The first-order valence-corrected chi connectivity index (χ1v) is 4.18. The molecule has 5 nitrogen and oxygen atoms in total. The number of pyridine rings is 1. The molecule has 0 unspecified atom stereocenters. The fraction of sp³-hybridized carbons (Fsp3) is 0. The largest absolute Gasteiger partial charge is 0.383 e. The Morgan fingerprint density at radius 2 is 2.21 bits per heavy atom. The molecule has 5 heteroatoms. The van der Waals surface area contributed by atoms with Gasteiger partial charge in [-0.15, -0.1) is 0 Å². The van der Waals surface area contributed by atoms with E-state index in [0.29, 0.717) is 11.6 Å². The van der Waals surface area contributed by atoms with Crippen LogP contribution in [0.25, 0.3) is 16.7 Å². The van der Waals surface area contributed by atoms with Gasteiger partial charge in [0.2, 0.25) is 5.78 Å². The van der Waals surface area contributed by atoms with Crippen LogP contribution in [0.1, 0.15) is 0 Å². The van der Waals surface area contributed by atoms with Crippen LogP contribution >= 0.6 is 0 Å². The molecule has 3 heterocycles. The van der Waals surface area contributed by atoms with Crippen LogP contribution < -0.4 is 5.73 Å². The average Bonchev–Trinajstić information content (AvgIpc) is 2.66. The number of rotatable bonds is 0. The van der Waals surface area contributed by atoms with Crippen LogP contribution in [0.3, 0.4) is 0 Å². The minimum absolute atomic E-state index is 0.487. The van der Waals surface area contributed by atoms with Gasteiger partial charge in [-0.05, 0) is 6.07 Å². The number of nitrogens with two attached hydrogens (primary N) is 1. The summed E-state index contributed by atoms with van der Waals surface area (Å²) < 4.78 is 1.86. The van der Waals surface area contributed by atoms with E-state index in [-0.39, 0.29) is 0 Å². The van der Waals surface area contributed by atoms with Crippen LogP contribution in [0.5, 0.6) is 0 Å². The van der Waals surface area contributed by atoms with Gasteiger partial charge < -0.3 is 5.73 Å². The normalized spacial score (nSPS) is 11.1. The third-order valence-corrected chi connectivity index (χ3v) is 2.18. The molecular formula is C9H7N5. The highest BCUT2D eigenvalue weighted by molar-refractivity contribution is 5.89. The molecule has 0 aliphatic carbocycles. The van der Waals surface area contributed by atoms with E-state index in [1.807, 2.05) is 16.7 Å². The summed E-state index contributed by atoms with van der Waals surface area (Å²) in [5.74, 6) is 1.09. The fourth-order valence-corrected chi connectivity index (χ4v) is 1.53. The predicted molar refractivity (Wildman–Crippen MR) is 52.7 cm³/mol. The van der Waals surface area contributed by atoms with E-state index in [9.17, 15) is 0 Å². The monoisotopic (exact) mass is 185 g/mol. The van der Waals surface area contributed by atoms with Gasteiger partial charge in [0.05, 0.1) is 11.7 Å². The lowest BCUT2D eigenvalue weighted by Gasteiger charge is -2.02. The van der Waals surface area contributed by atoms with Crippen LogP contribution in [0.2, 0.25) is 0 Å². The molecule has 3 rings (SSSR count). The van der Waals surface area contributed by atoms with Crippen molar-refractivity contribution in [3.05, 3.63) is 30.9 Å². The van der Waals surface area contributed by atoms with Crippen molar-refractivity contribution in [2.45, 2.75) is 0 Å². The van der Waals surface area contributed by atoms with Crippen molar-refractivity contribution in [2.75, 3.05) is 5.73 Å². The number of nitrogen functional groups attached to an aromatic ring is 1. The molecule has 0 atom stereocenters. The topological polar surface area (TPSA) is 69.1 Å². The maximum atomic E-state index is 5.79. The summed E-state index contributed by atoms with van der Waals surface area (Å²) in [6.07, 6.45) is 6.98. The molecule has 3 aromatic rings. The van der Waals surface area contributed by atoms with E-state index in [4.69, 9.17) is 5.73 Å². The molecule has 0 saturated carbocycles. The molecule has 0 amide bonds. The van der Waals surface area contributed by atoms with E-state index >= 15 is 0 Å². The van der Waals surface area contributed by atoms with Gasteiger partial charge in [-0.3, -0.25) is 9.38 Å². The molecular weight excluding hydrogens is 178 g/mol. The van der Waals surface area contributed by atoms with Crippen LogP contribution in [0.4, 0.5) is 5.82 Å². The second kappa shape index (κ2) is 2.41. The van der Waals surface area contributed by atoms with Gasteiger partial charge in [-0.25, -0.2) is 4.98 Å². The molecule has 2 N–H and O–H groups in total. The second-order valence-electron chi connectivity index (χ2n) is 2.99. The molecule has 0 spiro atoms. The average molecular weight is 185 g/mol. The van der Waals surface area contributed by atoms with Gasteiger partial charge in [0.1, 0.15) is 5.82 Å². The molecule has 68 valence electrons. The second-order valence-corrected chi connectivity index (χ2v) is 2.99. The van der Waals surface area contributed by atoms with Crippen molar-refractivity contribution in [1.82, 2.24) is 19.4 Å². The maximum absolute atomic E-state index is 5.79. The highest BCUT2D eigenvalue weighted by Gasteiger charge is 2.04. The van der Waals surface area contributed by atoms with Crippen molar-refractivity contribution in [3.63, 3.8) is 0 Å². The highest BCUT2D eigenvalue weighted by atomic mass is 15.1. The van der Waals surface area contributed by atoms with E-state index < -0.39 is 0 Å². The zero-order chi connectivity index (χ0) is 9.54. The Bertz CT molecular complexity index is 613. The Kier molecular flexibility index (Phi) is 1.25. The first kappa shape index (κ1) is 7.25. The van der Waals surface area contributed by atoms with Crippen LogP contribution in [0.15, 0.2) is 30.9 Å². The van der Waals surface area contributed by atoms with E-state index in [0.717, 1.165) is 10.9 Å². The SMILES string of the molecule is Nc1nc2nccn2c2cnccc12. The Morgan fingerprint density at radius 1 is 1.29 bits per heavy atom. The van der Waals surface area contributed by atoms with Crippen molar-refractivity contribution in [1.29, 1.82) is 0 Å². The number of aromatic nitrogens is 4. The minimum atomic E-state index is 0.487. The Hall–Kier alpha value is -2.17. The van der Waals surface area contributed by atoms with Crippen LogP contribution in [0, 0.1) is 0 Å². The van der Waals surface area contributed by atoms with E-state index in [2.05, 4.69) is 15.0 Å². The van der Waals surface area contributed by atoms with Gasteiger partial charge in [-0.1, -0.05) is 0 Å². The van der Waals surface area contributed by atoms with Crippen LogP contribution in [-0.2, 0) is 0 Å². The van der Waals surface area contributed by atoms with Crippen molar-refractivity contribution >= 4 is 22.5 Å². The molecule has 14 heavy (non-hydrogen) atoms. The predicted octanol–water partition coefficient (Wildman–Crippen LogP) is 0.860. The quantitative estimate of drug-likeness (QED) is 0.564. The lowest BCUT2D eigenvalue weighted by Crippen LogP contribution is -1.98. The minimum Gasteiger partial charge on any atom is -0.383 e. The van der Waals surface area contributed by atoms with Gasteiger partial charge in [0, 0.05) is 24.0 Å². The summed E-state index contributed by atoms with van der Waals surface area (Å²) in [4.78, 5) is 12.3. The van der Waals surface area contributed by atoms with E-state index in [1.54, 1.807) is 18.6 Å². The lowest BCUT2D eigenvalue weighted by atomic mass is 10.3. The molecule has 0 aliphatic rings. The lowest BCUT2D eigenvalue weighted by molar-refractivity contribution is 1.16. The highest BCUT2D eigenvalue weighted by Crippen LogP contribution is 2.18. The third-order valence-electron chi connectivity index (χ3n) is 2.18. The molecule has 0 bridgehead atoms. The summed E-state index contributed by atoms with van der Waals surface area (Å²) >= 11 is 0. The van der Waals surface area contributed by atoms with Gasteiger partial charge in [0.15, 0.2) is 0 Å².